The fourth-order valence-electron chi connectivity index (χ4n) is 3.04. The molecule has 26 heavy (non-hydrogen) atoms. The molecule has 0 bridgehead atoms. The monoisotopic (exact) mass is 369 g/mol. The maximum absolute atomic E-state index is 12.7. The molecule has 1 unspecified atom stereocenters. The number of carbonyl (C=O) groups is 1. The van der Waals surface area contributed by atoms with Crippen molar-refractivity contribution in [3.8, 4) is 11.5 Å². The minimum absolute atomic E-state index is 0.00452. The van der Waals surface area contributed by atoms with E-state index < -0.39 is 0 Å². The number of thiazole rings is 1. The van der Waals surface area contributed by atoms with E-state index in [4.69, 9.17) is 4.42 Å². The molecule has 1 fully saturated rings. The van der Waals surface area contributed by atoms with Crippen molar-refractivity contribution in [1.29, 1.82) is 0 Å². The first kappa shape index (κ1) is 16.7. The normalized spacial score (nSPS) is 17.3. The van der Waals surface area contributed by atoms with Crippen LogP contribution in [0.25, 0.3) is 11.5 Å². The highest BCUT2D eigenvalue weighted by Crippen LogP contribution is 2.27. The Morgan fingerprint density at radius 1 is 1.35 bits per heavy atom. The van der Waals surface area contributed by atoms with Crippen LogP contribution >= 0.6 is 11.3 Å². The second-order valence-electron chi connectivity index (χ2n) is 6.32. The summed E-state index contributed by atoms with van der Waals surface area (Å²) in [5, 5.41) is 13.8. The fourth-order valence-corrected chi connectivity index (χ4v) is 3.74. The number of carbonyl (C=O) groups excluding carboxylic acids is 1. The first-order valence-electron chi connectivity index (χ1n) is 8.54. The average molecular weight is 369 g/mol. The summed E-state index contributed by atoms with van der Waals surface area (Å²) < 4.78 is 5.34. The topological polar surface area (TPSA) is 84.2 Å². The molecule has 3 aromatic rings. The fraction of sp³-hybridized carbons (Fsp3) is 0.333. The van der Waals surface area contributed by atoms with Crippen LogP contribution in [-0.2, 0) is 4.79 Å². The van der Waals surface area contributed by atoms with Gasteiger partial charge in [-0.1, -0.05) is 0 Å². The molecule has 1 aliphatic heterocycles. The highest BCUT2D eigenvalue weighted by Gasteiger charge is 2.27. The minimum atomic E-state index is -0.0946. The summed E-state index contributed by atoms with van der Waals surface area (Å²) in [7, 11) is 0. The lowest BCUT2D eigenvalue weighted by Gasteiger charge is -2.32. The molecular formula is C18H19N5O2S. The Labute approximate surface area is 155 Å². The zero-order valence-electron chi connectivity index (χ0n) is 14.4. The van der Waals surface area contributed by atoms with Crippen LogP contribution in [0.1, 0.15) is 18.5 Å². The second kappa shape index (κ2) is 7.25. The standard InChI is InChI=1S/C18H19N5O2S/c1-12-6-7-16(22-21-12)23-8-2-4-13(10-23)17(24)20-18-19-14(11-26-18)15-5-3-9-25-15/h3,5-7,9,11,13H,2,4,8,10H2,1H3,(H,19,20,24). The molecule has 134 valence electrons. The van der Waals surface area contributed by atoms with Gasteiger partial charge in [-0.05, 0) is 44.0 Å². The Morgan fingerprint density at radius 2 is 2.27 bits per heavy atom. The number of nitrogens with one attached hydrogen (secondary N) is 1. The van der Waals surface area contributed by atoms with Gasteiger partial charge in [0.2, 0.25) is 5.91 Å². The van der Waals surface area contributed by atoms with Crippen molar-refractivity contribution in [1.82, 2.24) is 15.2 Å². The zero-order chi connectivity index (χ0) is 17.9. The molecule has 7 nitrogen and oxygen atoms in total. The van der Waals surface area contributed by atoms with Crippen LogP contribution in [0.4, 0.5) is 10.9 Å². The highest BCUT2D eigenvalue weighted by molar-refractivity contribution is 7.14. The third-order valence-corrected chi connectivity index (χ3v) is 5.17. The van der Waals surface area contributed by atoms with Crippen LogP contribution in [-0.4, -0.2) is 34.2 Å². The van der Waals surface area contributed by atoms with Gasteiger partial charge in [0.25, 0.3) is 0 Å². The molecule has 1 atom stereocenters. The number of aromatic nitrogens is 3. The molecular weight excluding hydrogens is 350 g/mol. The van der Waals surface area contributed by atoms with Crippen molar-refractivity contribution in [2.24, 2.45) is 5.92 Å². The van der Waals surface area contributed by atoms with E-state index in [1.54, 1.807) is 6.26 Å². The van der Waals surface area contributed by atoms with Gasteiger partial charge in [0.05, 0.1) is 17.9 Å². The highest BCUT2D eigenvalue weighted by atomic mass is 32.1. The Kier molecular flexibility index (Phi) is 4.66. The van der Waals surface area contributed by atoms with Crippen molar-refractivity contribution in [3.05, 3.63) is 41.6 Å². The van der Waals surface area contributed by atoms with E-state index in [0.29, 0.717) is 17.4 Å². The van der Waals surface area contributed by atoms with E-state index >= 15 is 0 Å². The first-order chi connectivity index (χ1) is 12.7. The van der Waals surface area contributed by atoms with Crippen LogP contribution in [0.5, 0.6) is 0 Å². The quantitative estimate of drug-likeness (QED) is 0.759. The number of piperidine rings is 1. The Bertz CT molecular complexity index is 875. The Morgan fingerprint density at radius 3 is 3.04 bits per heavy atom. The largest absolute Gasteiger partial charge is 0.463 e. The molecule has 0 spiro atoms. The Hall–Kier alpha value is -2.74. The lowest BCUT2D eigenvalue weighted by molar-refractivity contribution is -0.120. The second-order valence-corrected chi connectivity index (χ2v) is 7.18. The Balaban J connectivity index is 1.40. The van der Waals surface area contributed by atoms with Crippen LogP contribution < -0.4 is 10.2 Å². The number of hydrogen-bond acceptors (Lipinski definition) is 7. The van der Waals surface area contributed by atoms with Gasteiger partial charge < -0.3 is 14.6 Å². The predicted molar refractivity (Wildman–Crippen MR) is 100 cm³/mol. The lowest BCUT2D eigenvalue weighted by Crippen LogP contribution is -2.41. The predicted octanol–water partition coefficient (Wildman–Crippen LogP) is 3.36. The van der Waals surface area contributed by atoms with Gasteiger partial charge in [-0.2, -0.15) is 5.10 Å². The van der Waals surface area contributed by atoms with Crippen LogP contribution in [0.3, 0.4) is 0 Å². The summed E-state index contributed by atoms with van der Waals surface area (Å²) >= 11 is 1.40. The molecule has 0 aliphatic carbocycles. The molecule has 0 radical (unpaired) electrons. The van der Waals surface area contributed by atoms with Crippen molar-refractivity contribution in [3.63, 3.8) is 0 Å². The third kappa shape index (κ3) is 3.60. The van der Waals surface area contributed by atoms with Crippen molar-refractivity contribution < 1.29 is 9.21 Å². The van der Waals surface area contributed by atoms with E-state index in [9.17, 15) is 4.79 Å². The summed E-state index contributed by atoms with van der Waals surface area (Å²) in [5.74, 6) is 1.42. The number of rotatable bonds is 4. The maximum atomic E-state index is 12.7. The van der Waals surface area contributed by atoms with Gasteiger partial charge in [-0.3, -0.25) is 4.79 Å². The molecule has 1 aliphatic rings. The third-order valence-electron chi connectivity index (χ3n) is 4.41. The van der Waals surface area contributed by atoms with E-state index in [1.165, 1.54) is 11.3 Å². The molecule has 3 aromatic heterocycles. The van der Waals surface area contributed by atoms with Gasteiger partial charge >= 0.3 is 0 Å². The van der Waals surface area contributed by atoms with Crippen molar-refractivity contribution in [2.45, 2.75) is 19.8 Å². The summed E-state index contributed by atoms with van der Waals surface area (Å²) in [6.45, 7) is 3.44. The smallest absolute Gasteiger partial charge is 0.231 e. The number of amides is 1. The molecule has 1 amide bonds. The summed E-state index contributed by atoms with van der Waals surface area (Å²) in [6, 6.07) is 7.57. The number of nitrogens with zero attached hydrogens (tertiary/aromatic N) is 4. The van der Waals surface area contributed by atoms with Crippen molar-refractivity contribution >= 4 is 28.2 Å². The van der Waals surface area contributed by atoms with Gasteiger partial charge in [0.1, 0.15) is 5.69 Å². The molecule has 4 rings (SSSR count). The van der Waals surface area contributed by atoms with Gasteiger partial charge in [0.15, 0.2) is 16.7 Å². The van der Waals surface area contributed by atoms with Crippen LogP contribution in [0, 0.1) is 12.8 Å². The molecule has 4 heterocycles. The summed E-state index contributed by atoms with van der Waals surface area (Å²) in [4.78, 5) is 19.2. The lowest BCUT2D eigenvalue weighted by atomic mass is 9.97. The molecule has 0 saturated carbocycles. The number of anilines is 2. The SMILES string of the molecule is Cc1ccc(N2CCCC(C(=O)Nc3nc(-c4ccco4)cs3)C2)nn1. The number of furan rings is 1. The zero-order valence-corrected chi connectivity index (χ0v) is 15.2. The van der Waals surface area contributed by atoms with E-state index in [1.807, 2.05) is 36.6 Å². The van der Waals surface area contributed by atoms with Crippen LogP contribution in [0.2, 0.25) is 0 Å². The summed E-state index contributed by atoms with van der Waals surface area (Å²) in [5.41, 5.74) is 1.62. The first-order valence-corrected chi connectivity index (χ1v) is 9.42. The molecule has 1 N–H and O–H groups in total. The molecule has 8 heteroatoms. The van der Waals surface area contributed by atoms with Gasteiger partial charge in [0, 0.05) is 18.5 Å². The van der Waals surface area contributed by atoms with Gasteiger partial charge in [-0.25, -0.2) is 4.98 Å². The summed E-state index contributed by atoms with van der Waals surface area (Å²) in [6.07, 6.45) is 3.42. The van der Waals surface area contributed by atoms with Crippen LogP contribution in [0.15, 0.2) is 40.3 Å². The maximum Gasteiger partial charge on any atom is 0.231 e. The van der Waals surface area contributed by atoms with Crippen molar-refractivity contribution in [2.75, 3.05) is 23.3 Å². The molecule has 0 aromatic carbocycles. The molecule has 1 saturated heterocycles. The number of aryl methyl sites for hydroxylation is 1. The minimum Gasteiger partial charge on any atom is -0.463 e. The average Bonchev–Trinajstić information content (AvgIpc) is 3.34. The number of hydrogen-bond donors (Lipinski definition) is 1. The van der Waals surface area contributed by atoms with Gasteiger partial charge in [-0.15, -0.1) is 16.4 Å². The van der Waals surface area contributed by atoms with E-state index in [2.05, 4.69) is 25.4 Å². The van der Waals surface area contributed by atoms with E-state index in [0.717, 1.165) is 36.6 Å². The van der Waals surface area contributed by atoms with E-state index in [-0.39, 0.29) is 11.8 Å².